The average molecular weight is 351 g/mol. The van der Waals surface area contributed by atoms with Crippen LogP contribution in [0.15, 0.2) is 30.3 Å². The molecule has 1 aromatic carbocycles. The fourth-order valence-electron chi connectivity index (χ4n) is 4.06. The van der Waals surface area contributed by atoms with E-state index in [1.807, 2.05) is 0 Å². The van der Waals surface area contributed by atoms with Gasteiger partial charge in [0.1, 0.15) is 0 Å². The average Bonchev–Trinajstić information content (AvgIpc) is 2.87. The number of carbonyl (C=O) groups is 1. The van der Waals surface area contributed by atoms with Crippen LogP contribution in [-0.4, -0.2) is 37.0 Å². The number of carbonyl (C=O) groups excluding carboxylic acids is 1. The normalized spacial score (nSPS) is 22.5. The summed E-state index contributed by atoms with van der Waals surface area (Å²) >= 11 is 0. The van der Waals surface area contributed by atoms with Crippen molar-refractivity contribution in [1.29, 1.82) is 0 Å². The number of piperidine rings is 1. The molecule has 1 atom stereocenters. The number of hydrogen-bond acceptors (Lipinski definition) is 2. The van der Waals surface area contributed by atoms with E-state index in [9.17, 15) is 4.79 Å². The predicted molar refractivity (Wildman–Crippen MR) is 102 cm³/mol. The molecule has 0 bridgehead atoms. The van der Waals surface area contributed by atoms with Crippen LogP contribution in [0.2, 0.25) is 0 Å². The Labute approximate surface area is 152 Å². The Morgan fingerprint density at radius 1 is 1.04 bits per heavy atom. The van der Waals surface area contributed by atoms with Crippen LogP contribution < -0.4 is 5.32 Å². The summed E-state index contributed by atoms with van der Waals surface area (Å²) in [5, 5.41) is 3.40. The molecule has 4 heteroatoms. The molecule has 0 aliphatic carbocycles. The number of benzene rings is 1. The van der Waals surface area contributed by atoms with Crippen molar-refractivity contribution in [3.63, 3.8) is 0 Å². The lowest BCUT2D eigenvalue weighted by Crippen LogP contribution is -2.33. The zero-order valence-electron chi connectivity index (χ0n) is 14.6. The van der Waals surface area contributed by atoms with Crippen molar-refractivity contribution in [3.8, 4) is 0 Å². The fourth-order valence-corrected chi connectivity index (χ4v) is 4.06. The van der Waals surface area contributed by atoms with E-state index in [4.69, 9.17) is 0 Å². The first kappa shape index (κ1) is 19.3. The van der Waals surface area contributed by atoms with Crippen molar-refractivity contribution in [1.82, 2.24) is 10.2 Å². The van der Waals surface area contributed by atoms with E-state index in [1.165, 1.54) is 24.8 Å². The monoisotopic (exact) mass is 350 g/mol. The van der Waals surface area contributed by atoms with Crippen LogP contribution in [0, 0.1) is 5.92 Å². The van der Waals surface area contributed by atoms with Gasteiger partial charge in [0.25, 0.3) is 0 Å². The smallest absolute Gasteiger partial charge is 0.222 e. The van der Waals surface area contributed by atoms with E-state index in [0.717, 1.165) is 57.8 Å². The molecular weight excluding hydrogens is 320 g/mol. The highest BCUT2D eigenvalue weighted by atomic mass is 35.5. The minimum absolute atomic E-state index is 0. The SMILES string of the molecule is Cl.O=C(CCC1CCNCC1)N1CCCC(c2ccccc2)CC1. The van der Waals surface area contributed by atoms with Crippen molar-refractivity contribution >= 4 is 18.3 Å². The second kappa shape index (κ2) is 10.0. The number of halogens is 1. The molecule has 1 amide bonds. The second-order valence-corrected chi connectivity index (χ2v) is 7.15. The van der Waals surface area contributed by atoms with Crippen molar-refractivity contribution < 1.29 is 4.79 Å². The molecule has 24 heavy (non-hydrogen) atoms. The largest absolute Gasteiger partial charge is 0.343 e. The molecule has 2 aliphatic rings. The minimum atomic E-state index is 0. The zero-order valence-corrected chi connectivity index (χ0v) is 15.4. The van der Waals surface area contributed by atoms with Gasteiger partial charge in [0.05, 0.1) is 0 Å². The van der Waals surface area contributed by atoms with Gasteiger partial charge < -0.3 is 10.2 Å². The first-order valence-electron chi connectivity index (χ1n) is 9.36. The second-order valence-electron chi connectivity index (χ2n) is 7.15. The minimum Gasteiger partial charge on any atom is -0.343 e. The highest BCUT2D eigenvalue weighted by Crippen LogP contribution is 2.28. The molecule has 0 saturated carbocycles. The van der Waals surface area contributed by atoms with E-state index >= 15 is 0 Å². The Hall–Kier alpha value is -1.06. The summed E-state index contributed by atoms with van der Waals surface area (Å²) in [4.78, 5) is 14.7. The third kappa shape index (κ3) is 5.49. The van der Waals surface area contributed by atoms with Crippen LogP contribution in [0.4, 0.5) is 0 Å². The van der Waals surface area contributed by atoms with Gasteiger partial charge in [0.15, 0.2) is 0 Å². The predicted octanol–water partition coefficient (Wildman–Crippen LogP) is 3.98. The Morgan fingerprint density at radius 3 is 2.54 bits per heavy atom. The lowest BCUT2D eigenvalue weighted by atomic mass is 9.92. The number of nitrogens with one attached hydrogen (secondary N) is 1. The van der Waals surface area contributed by atoms with Gasteiger partial charge >= 0.3 is 0 Å². The van der Waals surface area contributed by atoms with Crippen LogP contribution in [0.3, 0.4) is 0 Å². The molecule has 3 rings (SSSR count). The molecule has 0 radical (unpaired) electrons. The van der Waals surface area contributed by atoms with Gasteiger partial charge in [-0.05, 0) is 69.0 Å². The first-order valence-corrected chi connectivity index (χ1v) is 9.36. The number of nitrogens with zero attached hydrogens (tertiary/aromatic N) is 1. The van der Waals surface area contributed by atoms with Crippen molar-refractivity contribution in [2.75, 3.05) is 26.2 Å². The molecule has 2 heterocycles. The van der Waals surface area contributed by atoms with Crippen LogP contribution in [-0.2, 0) is 4.79 Å². The van der Waals surface area contributed by atoms with Crippen LogP contribution in [0.5, 0.6) is 0 Å². The molecule has 1 aromatic rings. The molecule has 0 spiro atoms. The molecule has 0 aromatic heterocycles. The molecule has 2 saturated heterocycles. The van der Waals surface area contributed by atoms with Gasteiger partial charge in [-0.2, -0.15) is 0 Å². The topological polar surface area (TPSA) is 32.3 Å². The van der Waals surface area contributed by atoms with Crippen molar-refractivity contribution in [2.45, 2.75) is 50.9 Å². The van der Waals surface area contributed by atoms with Gasteiger partial charge in [-0.3, -0.25) is 4.79 Å². The van der Waals surface area contributed by atoms with E-state index in [2.05, 4.69) is 40.5 Å². The Bertz CT molecular complexity index is 488. The molecule has 3 nitrogen and oxygen atoms in total. The Morgan fingerprint density at radius 2 is 1.79 bits per heavy atom. The number of likely N-dealkylation sites (tertiary alicyclic amines) is 1. The summed E-state index contributed by atoms with van der Waals surface area (Å²) in [5.74, 6) is 1.76. The van der Waals surface area contributed by atoms with Gasteiger partial charge in [-0.15, -0.1) is 12.4 Å². The summed E-state index contributed by atoms with van der Waals surface area (Å²) in [6, 6.07) is 10.8. The Kier molecular flexibility index (Phi) is 8.07. The summed E-state index contributed by atoms with van der Waals surface area (Å²) in [6.07, 6.45) is 7.77. The summed E-state index contributed by atoms with van der Waals surface area (Å²) in [5.41, 5.74) is 1.44. The van der Waals surface area contributed by atoms with E-state index in [0.29, 0.717) is 11.8 Å². The van der Waals surface area contributed by atoms with Crippen molar-refractivity contribution in [3.05, 3.63) is 35.9 Å². The van der Waals surface area contributed by atoms with Crippen LogP contribution in [0.25, 0.3) is 0 Å². The highest BCUT2D eigenvalue weighted by molar-refractivity contribution is 5.85. The maximum atomic E-state index is 12.5. The number of amides is 1. The molecule has 2 aliphatic heterocycles. The summed E-state index contributed by atoms with van der Waals surface area (Å²) < 4.78 is 0. The highest BCUT2D eigenvalue weighted by Gasteiger charge is 2.22. The van der Waals surface area contributed by atoms with E-state index in [1.54, 1.807) is 0 Å². The van der Waals surface area contributed by atoms with Gasteiger partial charge in [-0.1, -0.05) is 30.3 Å². The molecule has 1 unspecified atom stereocenters. The molecule has 2 fully saturated rings. The maximum absolute atomic E-state index is 12.5. The number of rotatable bonds is 4. The Balaban J connectivity index is 0.00000208. The lowest BCUT2D eigenvalue weighted by Gasteiger charge is -2.25. The molecular formula is C20H31ClN2O. The fraction of sp³-hybridized carbons (Fsp3) is 0.650. The molecule has 1 N–H and O–H groups in total. The lowest BCUT2D eigenvalue weighted by molar-refractivity contribution is -0.131. The third-order valence-corrected chi connectivity index (χ3v) is 5.58. The molecule has 134 valence electrons. The van der Waals surface area contributed by atoms with E-state index < -0.39 is 0 Å². The van der Waals surface area contributed by atoms with Gasteiger partial charge in [0.2, 0.25) is 5.91 Å². The summed E-state index contributed by atoms with van der Waals surface area (Å²) in [6.45, 7) is 4.14. The van der Waals surface area contributed by atoms with Crippen molar-refractivity contribution in [2.24, 2.45) is 5.92 Å². The van der Waals surface area contributed by atoms with Gasteiger partial charge in [0, 0.05) is 19.5 Å². The maximum Gasteiger partial charge on any atom is 0.222 e. The zero-order chi connectivity index (χ0) is 15.9. The third-order valence-electron chi connectivity index (χ3n) is 5.58. The van der Waals surface area contributed by atoms with Gasteiger partial charge in [-0.25, -0.2) is 0 Å². The summed E-state index contributed by atoms with van der Waals surface area (Å²) in [7, 11) is 0. The first-order chi connectivity index (χ1) is 11.3. The van der Waals surface area contributed by atoms with E-state index in [-0.39, 0.29) is 12.4 Å². The quantitative estimate of drug-likeness (QED) is 0.890. The van der Waals surface area contributed by atoms with Crippen LogP contribution >= 0.6 is 12.4 Å². The standard InChI is InChI=1S/C20H30N2O.ClH/c23-20(9-8-17-10-13-21-14-11-17)22-15-4-7-19(12-16-22)18-5-2-1-3-6-18;/h1-3,5-6,17,19,21H,4,7-16H2;1H. The number of hydrogen-bond donors (Lipinski definition) is 1. The van der Waals surface area contributed by atoms with Crippen LogP contribution in [0.1, 0.15) is 56.4 Å².